The van der Waals surface area contributed by atoms with Crippen molar-refractivity contribution in [2.24, 2.45) is 11.0 Å². The molecular weight excluding hydrogens is 432 g/mol. The number of hydrogen-bond donors (Lipinski definition) is 2. The molecule has 5 rings (SSSR count). The van der Waals surface area contributed by atoms with Gasteiger partial charge in [-0.1, -0.05) is 24.3 Å². The van der Waals surface area contributed by atoms with Gasteiger partial charge in [-0.25, -0.2) is 10.2 Å². The molecule has 1 spiro atoms. The molecule has 3 aromatic rings. The van der Waals surface area contributed by atoms with Gasteiger partial charge in [-0.3, -0.25) is 9.78 Å². The van der Waals surface area contributed by atoms with E-state index in [2.05, 4.69) is 20.8 Å². The molecule has 2 amide bonds. The van der Waals surface area contributed by atoms with Crippen LogP contribution in [0.3, 0.4) is 0 Å². The second-order valence-corrected chi connectivity index (χ2v) is 9.33. The summed E-state index contributed by atoms with van der Waals surface area (Å²) in [6, 6.07) is 13.2. The van der Waals surface area contributed by atoms with Gasteiger partial charge in [0.2, 0.25) is 0 Å². The SMILES string of the molecule is Cc1cccnc1C1=NNC(=O)OC12CCC(C[C@H](C)NC(=O)c1cc3ccccc3o1)CC2. The zero-order valence-corrected chi connectivity index (χ0v) is 19.3. The van der Waals surface area contributed by atoms with Gasteiger partial charge in [0.25, 0.3) is 5.91 Å². The van der Waals surface area contributed by atoms with Crippen molar-refractivity contribution in [2.45, 2.75) is 57.6 Å². The zero-order valence-electron chi connectivity index (χ0n) is 19.3. The van der Waals surface area contributed by atoms with Crippen LogP contribution in [0.15, 0.2) is 58.2 Å². The topological polar surface area (TPSA) is 106 Å². The predicted octanol–water partition coefficient (Wildman–Crippen LogP) is 4.72. The Balaban J connectivity index is 1.22. The minimum atomic E-state index is -0.765. The van der Waals surface area contributed by atoms with E-state index in [0.29, 0.717) is 35.8 Å². The van der Waals surface area contributed by atoms with Crippen molar-refractivity contribution in [1.82, 2.24) is 15.7 Å². The zero-order chi connectivity index (χ0) is 23.7. The number of para-hydroxylation sites is 1. The van der Waals surface area contributed by atoms with Gasteiger partial charge in [0, 0.05) is 17.6 Å². The Labute approximate surface area is 197 Å². The second kappa shape index (κ2) is 8.93. The average molecular weight is 461 g/mol. The van der Waals surface area contributed by atoms with Gasteiger partial charge < -0.3 is 14.5 Å². The van der Waals surface area contributed by atoms with Crippen LogP contribution >= 0.6 is 0 Å². The number of rotatable bonds is 5. The Kier molecular flexibility index (Phi) is 5.81. The number of aromatic nitrogens is 1. The summed E-state index contributed by atoms with van der Waals surface area (Å²) in [5, 5.41) is 8.33. The van der Waals surface area contributed by atoms with Gasteiger partial charge in [0.15, 0.2) is 11.4 Å². The van der Waals surface area contributed by atoms with Crippen molar-refractivity contribution in [3.63, 3.8) is 0 Å². The average Bonchev–Trinajstić information content (AvgIpc) is 3.26. The van der Waals surface area contributed by atoms with E-state index in [1.54, 1.807) is 12.3 Å². The highest BCUT2D eigenvalue weighted by molar-refractivity contribution is 6.08. The van der Waals surface area contributed by atoms with Gasteiger partial charge in [-0.05, 0) is 75.6 Å². The van der Waals surface area contributed by atoms with Crippen LogP contribution in [-0.4, -0.2) is 34.3 Å². The Bertz CT molecular complexity index is 1220. The Morgan fingerprint density at radius 3 is 2.79 bits per heavy atom. The van der Waals surface area contributed by atoms with Gasteiger partial charge in [-0.2, -0.15) is 5.10 Å². The quantitative estimate of drug-likeness (QED) is 0.573. The highest BCUT2D eigenvalue weighted by Gasteiger charge is 2.47. The summed E-state index contributed by atoms with van der Waals surface area (Å²) in [5.41, 5.74) is 4.83. The summed E-state index contributed by atoms with van der Waals surface area (Å²) in [6.45, 7) is 3.99. The Hall–Kier alpha value is -3.68. The lowest BCUT2D eigenvalue weighted by Gasteiger charge is -2.42. The van der Waals surface area contributed by atoms with E-state index < -0.39 is 11.7 Å². The molecule has 0 radical (unpaired) electrons. The van der Waals surface area contributed by atoms with E-state index in [4.69, 9.17) is 9.15 Å². The van der Waals surface area contributed by atoms with Crippen LogP contribution < -0.4 is 10.7 Å². The summed E-state index contributed by atoms with van der Waals surface area (Å²) >= 11 is 0. The fourth-order valence-corrected chi connectivity index (χ4v) is 5.12. The van der Waals surface area contributed by atoms with Crippen LogP contribution in [0.1, 0.15) is 60.8 Å². The molecule has 3 heterocycles. The van der Waals surface area contributed by atoms with Gasteiger partial charge in [-0.15, -0.1) is 0 Å². The molecule has 1 fully saturated rings. The molecule has 2 aliphatic rings. The highest BCUT2D eigenvalue weighted by Crippen LogP contribution is 2.40. The second-order valence-electron chi connectivity index (χ2n) is 9.33. The molecule has 8 nitrogen and oxygen atoms in total. The summed E-state index contributed by atoms with van der Waals surface area (Å²) in [5.74, 6) is 0.517. The summed E-state index contributed by atoms with van der Waals surface area (Å²) in [7, 11) is 0. The summed E-state index contributed by atoms with van der Waals surface area (Å²) in [4.78, 5) is 29.2. The molecule has 0 bridgehead atoms. The van der Waals surface area contributed by atoms with E-state index in [-0.39, 0.29) is 11.9 Å². The van der Waals surface area contributed by atoms with Crippen molar-refractivity contribution in [1.29, 1.82) is 0 Å². The molecule has 2 N–H and O–H groups in total. The number of fused-ring (bicyclic) bond motifs is 1. The van der Waals surface area contributed by atoms with Gasteiger partial charge in [0.1, 0.15) is 11.3 Å². The number of carbonyl (C=O) groups excluding carboxylic acids is 2. The van der Waals surface area contributed by atoms with E-state index in [9.17, 15) is 9.59 Å². The Morgan fingerprint density at radius 2 is 2.03 bits per heavy atom. The molecule has 2 aromatic heterocycles. The van der Waals surface area contributed by atoms with Crippen LogP contribution in [0.25, 0.3) is 11.0 Å². The number of carbonyl (C=O) groups is 2. The molecule has 1 aromatic carbocycles. The van der Waals surface area contributed by atoms with E-state index in [0.717, 1.165) is 35.9 Å². The smallest absolute Gasteiger partial charge is 0.428 e. The number of hydrazone groups is 1. The number of amides is 2. The predicted molar refractivity (Wildman–Crippen MR) is 128 cm³/mol. The van der Waals surface area contributed by atoms with E-state index in [1.165, 1.54) is 0 Å². The van der Waals surface area contributed by atoms with Gasteiger partial charge >= 0.3 is 6.09 Å². The maximum Gasteiger partial charge on any atom is 0.428 e. The first-order valence-electron chi connectivity index (χ1n) is 11.7. The van der Waals surface area contributed by atoms with Crippen molar-refractivity contribution < 1.29 is 18.7 Å². The van der Waals surface area contributed by atoms with Gasteiger partial charge in [0.05, 0.1) is 5.69 Å². The third-order valence-electron chi connectivity index (χ3n) is 6.84. The standard InChI is InChI=1S/C26H28N4O4/c1-16-6-5-13-27-22(16)23-26(34-25(32)30-29-23)11-9-18(10-12-26)14-17(2)28-24(31)21-15-19-7-3-4-8-20(19)33-21/h3-8,13,15,17-18H,9-12,14H2,1-2H3,(H,28,31)(H,30,32)/t17-,18?,26?/m0/s1. The van der Waals surface area contributed by atoms with Crippen LogP contribution in [-0.2, 0) is 4.74 Å². The van der Waals surface area contributed by atoms with Crippen LogP contribution in [0, 0.1) is 12.8 Å². The number of nitrogens with one attached hydrogen (secondary N) is 2. The third-order valence-corrected chi connectivity index (χ3v) is 6.84. The fourth-order valence-electron chi connectivity index (χ4n) is 5.12. The first kappa shape index (κ1) is 22.1. The normalized spacial score (nSPS) is 23.2. The lowest BCUT2D eigenvalue weighted by molar-refractivity contribution is 0.0152. The maximum absolute atomic E-state index is 12.7. The van der Waals surface area contributed by atoms with E-state index in [1.807, 2.05) is 50.2 Å². The van der Waals surface area contributed by atoms with Crippen LogP contribution in [0.5, 0.6) is 0 Å². The molecule has 1 atom stereocenters. The molecule has 0 saturated heterocycles. The van der Waals surface area contributed by atoms with Crippen LogP contribution in [0.4, 0.5) is 4.79 Å². The van der Waals surface area contributed by atoms with Crippen molar-refractivity contribution in [3.8, 4) is 0 Å². The molecule has 1 aliphatic heterocycles. The number of hydrogen-bond acceptors (Lipinski definition) is 6. The highest BCUT2D eigenvalue weighted by atomic mass is 16.6. The fraction of sp³-hybridized carbons (Fsp3) is 0.385. The number of ether oxygens (including phenoxy) is 1. The lowest BCUT2D eigenvalue weighted by Crippen LogP contribution is -2.53. The monoisotopic (exact) mass is 460 g/mol. The first-order chi connectivity index (χ1) is 16.4. The van der Waals surface area contributed by atoms with Crippen molar-refractivity contribution in [2.75, 3.05) is 0 Å². The lowest BCUT2D eigenvalue weighted by atomic mass is 9.73. The molecule has 176 valence electrons. The van der Waals surface area contributed by atoms with E-state index >= 15 is 0 Å². The molecule has 0 unspecified atom stereocenters. The molecule has 1 saturated carbocycles. The molecule has 8 heteroatoms. The number of furan rings is 1. The maximum atomic E-state index is 12.7. The summed E-state index contributed by atoms with van der Waals surface area (Å²) < 4.78 is 11.5. The Morgan fingerprint density at radius 1 is 1.24 bits per heavy atom. The molecular formula is C26H28N4O4. The number of pyridine rings is 1. The first-order valence-corrected chi connectivity index (χ1v) is 11.7. The number of nitrogens with zero attached hydrogens (tertiary/aromatic N) is 2. The molecule has 1 aliphatic carbocycles. The van der Waals surface area contributed by atoms with Crippen molar-refractivity contribution in [3.05, 3.63) is 65.7 Å². The minimum Gasteiger partial charge on any atom is -0.451 e. The number of aryl methyl sites for hydroxylation is 1. The van der Waals surface area contributed by atoms with Crippen LogP contribution in [0.2, 0.25) is 0 Å². The largest absolute Gasteiger partial charge is 0.451 e. The minimum absolute atomic E-state index is 0.0125. The third kappa shape index (κ3) is 4.27. The van der Waals surface area contributed by atoms with Crippen molar-refractivity contribution >= 4 is 28.7 Å². The number of benzene rings is 1. The molecule has 34 heavy (non-hydrogen) atoms. The summed E-state index contributed by atoms with van der Waals surface area (Å²) in [6.07, 6.45) is 5.11.